The van der Waals surface area contributed by atoms with E-state index >= 15 is 0 Å². The second kappa shape index (κ2) is 6.75. The lowest BCUT2D eigenvalue weighted by Gasteiger charge is -2.38. The van der Waals surface area contributed by atoms with Gasteiger partial charge in [-0.25, -0.2) is 0 Å². The number of pyridine rings is 1. The minimum Gasteiger partial charge on any atom is -0.494 e. The van der Waals surface area contributed by atoms with Gasteiger partial charge in [-0.05, 0) is 50.6 Å². The Hall–Kier alpha value is -2.95. The van der Waals surface area contributed by atoms with Gasteiger partial charge in [0.15, 0.2) is 0 Å². The maximum atomic E-state index is 5.67. The molecule has 134 valence electrons. The summed E-state index contributed by atoms with van der Waals surface area (Å²) in [6.45, 7) is 7.84. The van der Waals surface area contributed by atoms with Crippen LogP contribution in [0, 0.1) is 6.92 Å². The first kappa shape index (κ1) is 16.5. The number of benzene rings is 1. The van der Waals surface area contributed by atoms with Crippen LogP contribution in [-0.2, 0) is 0 Å². The minimum atomic E-state index is 0.336. The first-order chi connectivity index (χ1) is 12.7. The van der Waals surface area contributed by atoms with Crippen LogP contribution in [-0.4, -0.2) is 29.2 Å². The largest absolute Gasteiger partial charge is 0.494 e. The van der Waals surface area contributed by atoms with Crippen LogP contribution in [0.25, 0.3) is 5.57 Å². The third-order valence-electron chi connectivity index (χ3n) is 4.73. The van der Waals surface area contributed by atoms with E-state index in [0.29, 0.717) is 12.6 Å². The highest BCUT2D eigenvalue weighted by atomic mass is 16.5. The Morgan fingerprint density at radius 2 is 2.15 bits per heavy atom. The molecule has 3 heterocycles. The molecule has 0 bridgehead atoms. The van der Waals surface area contributed by atoms with Crippen molar-refractivity contribution in [1.82, 2.24) is 15.4 Å². The Labute approximate surface area is 154 Å². The van der Waals surface area contributed by atoms with Gasteiger partial charge in [0.1, 0.15) is 5.75 Å². The summed E-state index contributed by atoms with van der Waals surface area (Å²) in [4.78, 5) is 6.61. The van der Waals surface area contributed by atoms with Crippen molar-refractivity contribution in [3.8, 4) is 5.75 Å². The first-order valence-corrected chi connectivity index (χ1v) is 9.06. The Kier molecular flexibility index (Phi) is 4.29. The third kappa shape index (κ3) is 3.01. The quantitative estimate of drug-likeness (QED) is 0.912. The highest BCUT2D eigenvalue weighted by Crippen LogP contribution is 2.35. The van der Waals surface area contributed by atoms with E-state index in [1.807, 2.05) is 32.2 Å². The van der Waals surface area contributed by atoms with E-state index in [1.165, 1.54) is 16.8 Å². The van der Waals surface area contributed by atoms with E-state index < -0.39 is 0 Å². The molecule has 5 heteroatoms. The number of allylic oxidation sites excluding steroid dienone is 1. The van der Waals surface area contributed by atoms with Crippen molar-refractivity contribution in [2.75, 3.05) is 18.1 Å². The summed E-state index contributed by atoms with van der Waals surface area (Å²) >= 11 is 0. The van der Waals surface area contributed by atoms with Gasteiger partial charge in [-0.3, -0.25) is 9.99 Å². The van der Waals surface area contributed by atoms with Gasteiger partial charge in [0.05, 0.1) is 18.3 Å². The smallest absolute Gasteiger partial charge is 0.121 e. The highest BCUT2D eigenvalue weighted by Gasteiger charge is 2.31. The van der Waals surface area contributed by atoms with E-state index in [4.69, 9.17) is 4.74 Å². The van der Waals surface area contributed by atoms with Gasteiger partial charge in [0.25, 0.3) is 0 Å². The number of aryl methyl sites for hydroxylation is 1. The Balaban J connectivity index is 1.69. The Morgan fingerprint density at radius 1 is 1.27 bits per heavy atom. The molecule has 0 radical (unpaired) electrons. The zero-order valence-electron chi connectivity index (χ0n) is 15.4. The van der Waals surface area contributed by atoms with Gasteiger partial charge < -0.3 is 15.1 Å². The molecule has 1 atom stereocenters. The zero-order chi connectivity index (χ0) is 18.1. The zero-order valence-corrected chi connectivity index (χ0v) is 15.4. The van der Waals surface area contributed by atoms with E-state index in [0.717, 1.165) is 23.7 Å². The molecule has 0 spiro atoms. The number of aromatic nitrogens is 1. The topological polar surface area (TPSA) is 40.6 Å². The number of anilines is 1. The van der Waals surface area contributed by atoms with Gasteiger partial charge >= 0.3 is 0 Å². The number of fused-ring (bicyclic) bond motifs is 1. The summed E-state index contributed by atoms with van der Waals surface area (Å²) in [6.07, 6.45) is 6.16. The monoisotopic (exact) mass is 348 g/mol. The summed E-state index contributed by atoms with van der Waals surface area (Å²) in [6, 6.07) is 12.8. The predicted octanol–water partition coefficient (Wildman–Crippen LogP) is 3.70. The number of hydrogen-bond acceptors (Lipinski definition) is 5. The van der Waals surface area contributed by atoms with Crippen molar-refractivity contribution in [1.29, 1.82) is 0 Å². The summed E-state index contributed by atoms with van der Waals surface area (Å²) in [5.74, 6) is 0.906. The maximum absolute atomic E-state index is 5.67. The number of ether oxygens (including phenoxy) is 1. The lowest BCUT2D eigenvalue weighted by molar-refractivity contribution is 0.232. The fraction of sp³-hybridized carbons (Fsp3) is 0.286. The molecule has 0 fully saturated rings. The Morgan fingerprint density at radius 3 is 2.96 bits per heavy atom. The summed E-state index contributed by atoms with van der Waals surface area (Å²) in [5.41, 5.74) is 9.12. The molecular weight excluding hydrogens is 324 g/mol. The van der Waals surface area contributed by atoms with Gasteiger partial charge in [0.2, 0.25) is 0 Å². The third-order valence-corrected chi connectivity index (χ3v) is 4.73. The molecular formula is C21H24N4O. The molecule has 2 aliphatic rings. The van der Waals surface area contributed by atoms with Gasteiger partial charge in [0, 0.05) is 48.2 Å². The number of hydrazine groups is 1. The van der Waals surface area contributed by atoms with Crippen molar-refractivity contribution in [3.05, 3.63) is 71.9 Å². The Bertz CT molecular complexity index is 874. The van der Waals surface area contributed by atoms with Crippen LogP contribution in [0.5, 0.6) is 5.75 Å². The lowest BCUT2D eigenvalue weighted by Crippen LogP contribution is -2.47. The molecule has 0 amide bonds. The maximum Gasteiger partial charge on any atom is 0.121 e. The van der Waals surface area contributed by atoms with E-state index in [2.05, 4.69) is 63.9 Å². The molecule has 2 aromatic rings. The van der Waals surface area contributed by atoms with Crippen LogP contribution >= 0.6 is 0 Å². The van der Waals surface area contributed by atoms with Crippen molar-refractivity contribution >= 4 is 11.3 Å². The van der Waals surface area contributed by atoms with Crippen molar-refractivity contribution in [2.24, 2.45) is 0 Å². The fourth-order valence-corrected chi connectivity index (χ4v) is 3.51. The SMILES string of the molecule is CCOc1cccc(N2C=C3C(c4ccnc(C)c4)=CNN3[C@@H](C)C2)c1. The van der Waals surface area contributed by atoms with Crippen LogP contribution in [0.2, 0.25) is 0 Å². The second-order valence-electron chi connectivity index (χ2n) is 6.69. The number of nitrogens with one attached hydrogen (secondary N) is 1. The van der Waals surface area contributed by atoms with E-state index in [1.54, 1.807) is 0 Å². The number of nitrogens with zero attached hydrogens (tertiary/aromatic N) is 3. The highest BCUT2D eigenvalue weighted by molar-refractivity contribution is 5.81. The average Bonchev–Trinajstić information content (AvgIpc) is 3.07. The fourth-order valence-electron chi connectivity index (χ4n) is 3.51. The van der Waals surface area contributed by atoms with Gasteiger partial charge in [-0.2, -0.15) is 0 Å². The molecule has 4 rings (SSSR count). The minimum absolute atomic E-state index is 0.336. The first-order valence-electron chi connectivity index (χ1n) is 9.06. The summed E-state index contributed by atoms with van der Waals surface area (Å²) in [5, 5.41) is 2.23. The predicted molar refractivity (Wildman–Crippen MR) is 104 cm³/mol. The van der Waals surface area contributed by atoms with Crippen LogP contribution in [0.15, 0.2) is 60.7 Å². The van der Waals surface area contributed by atoms with E-state index in [-0.39, 0.29) is 0 Å². The van der Waals surface area contributed by atoms with E-state index in [9.17, 15) is 0 Å². The second-order valence-corrected chi connectivity index (χ2v) is 6.69. The molecule has 26 heavy (non-hydrogen) atoms. The molecule has 0 aliphatic carbocycles. The molecule has 2 aliphatic heterocycles. The van der Waals surface area contributed by atoms with Gasteiger partial charge in [-0.15, -0.1) is 0 Å². The van der Waals surface area contributed by atoms with Crippen LogP contribution < -0.4 is 15.1 Å². The summed E-state index contributed by atoms with van der Waals surface area (Å²) in [7, 11) is 0. The molecule has 5 nitrogen and oxygen atoms in total. The standard InChI is InChI=1S/C21H24N4O/c1-4-26-19-7-5-6-18(11-19)24-13-16(3)25-21(14-24)20(12-23-25)17-8-9-22-15(2)10-17/h5-12,14,16,23H,4,13H2,1-3H3/t16-/m0/s1. The number of rotatable bonds is 4. The average molecular weight is 348 g/mol. The summed E-state index contributed by atoms with van der Waals surface area (Å²) < 4.78 is 5.67. The molecule has 0 saturated carbocycles. The molecule has 1 N–H and O–H groups in total. The number of hydrogen-bond donors (Lipinski definition) is 1. The lowest BCUT2D eigenvalue weighted by atomic mass is 10.0. The van der Waals surface area contributed by atoms with Gasteiger partial charge in [-0.1, -0.05) is 6.07 Å². The van der Waals surface area contributed by atoms with Crippen LogP contribution in [0.1, 0.15) is 25.1 Å². The van der Waals surface area contributed by atoms with Crippen LogP contribution in [0.4, 0.5) is 5.69 Å². The van der Waals surface area contributed by atoms with Crippen molar-refractivity contribution in [3.63, 3.8) is 0 Å². The molecule has 0 saturated heterocycles. The molecule has 1 aromatic heterocycles. The van der Waals surface area contributed by atoms with Crippen molar-refractivity contribution < 1.29 is 4.74 Å². The van der Waals surface area contributed by atoms with Crippen molar-refractivity contribution in [2.45, 2.75) is 26.8 Å². The normalized spacial score (nSPS) is 18.8. The molecule has 1 aromatic carbocycles. The molecule has 0 unspecified atom stereocenters. The van der Waals surface area contributed by atoms with Crippen LogP contribution in [0.3, 0.4) is 0 Å².